The van der Waals surface area contributed by atoms with Crippen LogP contribution in [0, 0.1) is 0 Å². The van der Waals surface area contributed by atoms with E-state index in [-0.39, 0.29) is 5.75 Å². The quantitative estimate of drug-likeness (QED) is 0.582. The summed E-state index contributed by atoms with van der Waals surface area (Å²) in [7, 11) is 0. The molecule has 0 aliphatic carbocycles. The topological polar surface area (TPSA) is 61.3 Å². The van der Waals surface area contributed by atoms with Crippen LogP contribution in [0.25, 0.3) is 11.3 Å². The Morgan fingerprint density at radius 3 is 2.50 bits per heavy atom. The number of H-pyrrole nitrogens is 1. The first-order valence-corrected chi connectivity index (χ1v) is 8.04. The first kappa shape index (κ1) is 15.0. The summed E-state index contributed by atoms with van der Waals surface area (Å²) in [5, 5.41) is 16.9. The summed E-state index contributed by atoms with van der Waals surface area (Å²) in [5.74, 6) is 0.730. The first-order chi connectivity index (χ1) is 10.6. The predicted octanol–water partition coefficient (Wildman–Crippen LogP) is 5.06. The van der Waals surface area contributed by atoms with E-state index < -0.39 is 0 Å². The van der Waals surface area contributed by atoms with E-state index in [0.29, 0.717) is 11.4 Å². The fraction of sp³-hybridized carbons (Fsp3) is 0. The van der Waals surface area contributed by atoms with E-state index in [0.717, 1.165) is 20.2 Å². The summed E-state index contributed by atoms with van der Waals surface area (Å²) in [6.45, 7) is 0. The average molecular weight is 421 g/mol. The van der Waals surface area contributed by atoms with E-state index in [1.165, 1.54) is 0 Å². The molecule has 0 saturated carbocycles. The van der Waals surface area contributed by atoms with Crippen LogP contribution in [0.5, 0.6) is 5.75 Å². The zero-order valence-corrected chi connectivity index (χ0v) is 14.5. The molecule has 4 nitrogen and oxygen atoms in total. The average Bonchev–Trinajstić information content (AvgIpc) is 2.98. The number of nitrogens with one attached hydrogen (secondary N) is 1. The molecule has 1 heterocycles. The summed E-state index contributed by atoms with van der Waals surface area (Å²) in [5.41, 5.74) is 2.54. The van der Waals surface area contributed by atoms with Gasteiger partial charge in [-0.15, -0.1) is 0 Å². The number of benzene rings is 2. The van der Waals surface area contributed by atoms with Gasteiger partial charge in [0, 0.05) is 26.8 Å². The molecule has 0 radical (unpaired) electrons. The molecule has 2 N–H and O–H groups in total. The number of halogens is 2. The van der Waals surface area contributed by atoms with Crippen molar-refractivity contribution in [1.82, 2.24) is 10.2 Å². The molecule has 0 aliphatic rings. The van der Waals surface area contributed by atoms with E-state index in [9.17, 15) is 5.11 Å². The summed E-state index contributed by atoms with van der Waals surface area (Å²) < 4.78 is 1.91. The van der Waals surface area contributed by atoms with Gasteiger partial charge < -0.3 is 5.11 Å². The molecule has 0 atom stereocenters. The van der Waals surface area contributed by atoms with Crippen LogP contribution in [0.2, 0.25) is 0 Å². The fourth-order valence-corrected chi connectivity index (χ4v) is 2.56. The van der Waals surface area contributed by atoms with Gasteiger partial charge in [0.25, 0.3) is 0 Å². The van der Waals surface area contributed by atoms with Gasteiger partial charge in [0.1, 0.15) is 5.75 Å². The van der Waals surface area contributed by atoms with Crippen molar-refractivity contribution in [2.75, 3.05) is 0 Å². The molecule has 22 heavy (non-hydrogen) atoms. The van der Waals surface area contributed by atoms with E-state index in [4.69, 9.17) is 0 Å². The lowest BCUT2D eigenvalue weighted by Crippen LogP contribution is -1.82. The summed E-state index contributed by atoms with van der Waals surface area (Å²) in [6.07, 6.45) is 1.58. The van der Waals surface area contributed by atoms with Crippen LogP contribution in [-0.4, -0.2) is 21.5 Å². The predicted molar refractivity (Wildman–Crippen MR) is 94.8 cm³/mol. The highest BCUT2D eigenvalue weighted by Gasteiger charge is 2.03. The van der Waals surface area contributed by atoms with E-state index in [1.807, 2.05) is 30.3 Å². The maximum absolute atomic E-state index is 9.78. The van der Waals surface area contributed by atoms with E-state index in [2.05, 4.69) is 47.0 Å². The van der Waals surface area contributed by atoms with Crippen LogP contribution < -0.4 is 0 Å². The van der Waals surface area contributed by atoms with Crippen LogP contribution in [0.15, 0.2) is 62.5 Å². The van der Waals surface area contributed by atoms with Gasteiger partial charge in [0.05, 0.1) is 5.69 Å². The number of aliphatic imine (C=N–C) groups is 1. The third-order valence-electron chi connectivity index (χ3n) is 3.05. The highest BCUT2D eigenvalue weighted by atomic mass is 79.9. The van der Waals surface area contributed by atoms with Crippen molar-refractivity contribution in [3.63, 3.8) is 0 Å². The molecule has 0 amide bonds. The number of nitrogens with zero attached hydrogens (tertiary/aromatic N) is 2. The Kier molecular flexibility index (Phi) is 4.40. The second kappa shape index (κ2) is 6.46. The summed E-state index contributed by atoms with van der Waals surface area (Å²) in [6, 6.07) is 15.0. The summed E-state index contributed by atoms with van der Waals surface area (Å²) in [4.78, 5) is 4.28. The van der Waals surface area contributed by atoms with Gasteiger partial charge in [-0.05, 0) is 35.9 Å². The van der Waals surface area contributed by atoms with Crippen LogP contribution in [0.4, 0.5) is 5.82 Å². The maximum Gasteiger partial charge on any atom is 0.174 e. The number of phenols is 1. The van der Waals surface area contributed by atoms with Crippen molar-refractivity contribution in [3.05, 3.63) is 63.0 Å². The minimum Gasteiger partial charge on any atom is -0.507 e. The van der Waals surface area contributed by atoms with Crippen LogP contribution in [-0.2, 0) is 0 Å². The van der Waals surface area contributed by atoms with Gasteiger partial charge in [-0.25, -0.2) is 4.99 Å². The number of aromatic nitrogens is 2. The lowest BCUT2D eigenvalue weighted by Gasteiger charge is -1.98. The Hall–Kier alpha value is -1.92. The second-order valence-corrected chi connectivity index (χ2v) is 6.44. The van der Waals surface area contributed by atoms with E-state index >= 15 is 0 Å². The van der Waals surface area contributed by atoms with Gasteiger partial charge in [-0.3, -0.25) is 5.10 Å². The molecule has 0 bridgehead atoms. The molecule has 2 aromatic carbocycles. The Morgan fingerprint density at radius 2 is 1.73 bits per heavy atom. The molecule has 6 heteroatoms. The SMILES string of the molecule is Oc1ccc(Br)cc1C=Nc1cc(-c2ccc(Br)cc2)[nH]n1. The third kappa shape index (κ3) is 3.45. The van der Waals surface area contributed by atoms with Crippen molar-refractivity contribution in [2.45, 2.75) is 0 Å². The fourth-order valence-electron chi connectivity index (χ4n) is 1.92. The molecule has 3 aromatic rings. The van der Waals surface area contributed by atoms with Crippen molar-refractivity contribution in [3.8, 4) is 17.0 Å². The Labute approximate surface area is 144 Å². The normalized spacial score (nSPS) is 11.2. The second-order valence-electron chi connectivity index (χ2n) is 4.61. The largest absolute Gasteiger partial charge is 0.507 e. The number of aromatic hydroxyl groups is 1. The van der Waals surface area contributed by atoms with Gasteiger partial charge >= 0.3 is 0 Å². The van der Waals surface area contributed by atoms with Crippen molar-refractivity contribution < 1.29 is 5.11 Å². The molecule has 3 rings (SSSR count). The van der Waals surface area contributed by atoms with Gasteiger partial charge in [-0.2, -0.15) is 5.10 Å². The van der Waals surface area contributed by atoms with Crippen LogP contribution >= 0.6 is 31.9 Å². The molecule has 0 fully saturated rings. The number of aromatic amines is 1. The van der Waals surface area contributed by atoms with Gasteiger partial charge in [0.2, 0.25) is 0 Å². The molecule has 0 unspecified atom stereocenters. The molecular weight excluding hydrogens is 410 g/mol. The van der Waals surface area contributed by atoms with Crippen molar-refractivity contribution >= 4 is 43.9 Å². The standard InChI is InChI=1S/C16H11Br2N3O/c17-12-3-1-10(2-4-12)14-8-16(21-20-14)19-9-11-7-13(18)5-6-15(11)22/h1-9,22H,(H,20,21). The van der Waals surface area contributed by atoms with Gasteiger partial charge in [0.15, 0.2) is 5.82 Å². The molecule has 0 saturated heterocycles. The van der Waals surface area contributed by atoms with Gasteiger partial charge in [-0.1, -0.05) is 44.0 Å². The molecular formula is C16H11Br2N3O. The van der Waals surface area contributed by atoms with E-state index in [1.54, 1.807) is 24.4 Å². The highest BCUT2D eigenvalue weighted by molar-refractivity contribution is 9.10. The zero-order valence-electron chi connectivity index (χ0n) is 11.3. The monoisotopic (exact) mass is 419 g/mol. The lowest BCUT2D eigenvalue weighted by atomic mass is 10.1. The third-order valence-corrected chi connectivity index (χ3v) is 4.07. The molecule has 1 aromatic heterocycles. The summed E-state index contributed by atoms with van der Waals surface area (Å²) >= 11 is 6.77. The smallest absolute Gasteiger partial charge is 0.174 e. The number of rotatable bonds is 3. The Morgan fingerprint density at radius 1 is 1.00 bits per heavy atom. The van der Waals surface area contributed by atoms with Crippen LogP contribution in [0.3, 0.4) is 0 Å². The molecule has 0 spiro atoms. The Bertz CT molecular complexity index is 826. The van der Waals surface area contributed by atoms with Crippen molar-refractivity contribution in [1.29, 1.82) is 0 Å². The molecule has 0 aliphatic heterocycles. The molecule has 110 valence electrons. The Balaban J connectivity index is 1.83. The zero-order chi connectivity index (χ0) is 15.5. The van der Waals surface area contributed by atoms with Crippen LogP contribution in [0.1, 0.15) is 5.56 Å². The van der Waals surface area contributed by atoms with Crippen molar-refractivity contribution in [2.24, 2.45) is 4.99 Å². The number of phenolic OH excluding ortho intramolecular Hbond substituents is 1. The number of hydrogen-bond donors (Lipinski definition) is 2. The minimum absolute atomic E-state index is 0.176. The lowest BCUT2D eigenvalue weighted by molar-refractivity contribution is 0.474. The maximum atomic E-state index is 9.78. The minimum atomic E-state index is 0.176. The highest BCUT2D eigenvalue weighted by Crippen LogP contribution is 2.24. The number of hydrogen-bond acceptors (Lipinski definition) is 3. The first-order valence-electron chi connectivity index (χ1n) is 6.46.